The Labute approximate surface area is 159 Å². The maximum atomic E-state index is 13.5. The van der Waals surface area contributed by atoms with E-state index in [1.165, 1.54) is 12.1 Å². The molecule has 0 aromatic heterocycles. The molecule has 5 heteroatoms. The third-order valence-electron chi connectivity index (χ3n) is 4.68. The predicted molar refractivity (Wildman–Crippen MR) is 104 cm³/mol. The molecule has 1 atom stereocenters. The van der Waals surface area contributed by atoms with Crippen LogP contribution in [0.4, 0.5) is 4.39 Å². The van der Waals surface area contributed by atoms with Crippen molar-refractivity contribution < 1.29 is 14.0 Å². The molecule has 1 aliphatic heterocycles. The molecule has 1 heterocycles. The van der Waals surface area contributed by atoms with E-state index >= 15 is 0 Å². The van der Waals surface area contributed by atoms with Crippen LogP contribution in [0.15, 0.2) is 53.7 Å². The maximum absolute atomic E-state index is 13.5. The number of rotatable bonds is 6. The van der Waals surface area contributed by atoms with Crippen LogP contribution in [0, 0.1) is 18.7 Å². The molecular weight excluding hydrogens is 343 g/mol. The molecule has 27 heavy (non-hydrogen) atoms. The quantitative estimate of drug-likeness (QED) is 0.762. The van der Waals surface area contributed by atoms with Gasteiger partial charge in [0.15, 0.2) is 6.10 Å². The Kier molecular flexibility index (Phi) is 5.89. The highest BCUT2D eigenvalue weighted by Gasteiger charge is 2.28. The zero-order valence-corrected chi connectivity index (χ0v) is 16.0. The molecule has 0 aliphatic carbocycles. The summed E-state index contributed by atoms with van der Waals surface area (Å²) < 4.78 is 13.5. The lowest BCUT2D eigenvalue weighted by Gasteiger charge is -2.26. The van der Waals surface area contributed by atoms with E-state index < -0.39 is 0 Å². The van der Waals surface area contributed by atoms with Crippen LogP contribution in [0.5, 0.6) is 0 Å². The molecule has 0 spiro atoms. The van der Waals surface area contributed by atoms with Crippen LogP contribution in [-0.2, 0) is 16.2 Å². The number of carbonyl (C=O) groups excluding carboxylic acids is 1. The predicted octanol–water partition coefficient (Wildman–Crippen LogP) is 4.31. The lowest BCUT2D eigenvalue weighted by Crippen LogP contribution is -2.39. The van der Waals surface area contributed by atoms with E-state index in [1.54, 1.807) is 11.0 Å². The Morgan fingerprint density at radius 1 is 1.26 bits per heavy atom. The minimum absolute atomic E-state index is 0.0206. The minimum Gasteiger partial charge on any atom is -0.390 e. The second kappa shape index (κ2) is 8.33. The molecule has 1 amide bonds. The third kappa shape index (κ3) is 4.73. The molecule has 0 saturated heterocycles. The van der Waals surface area contributed by atoms with E-state index in [2.05, 4.69) is 5.16 Å². The topological polar surface area (TPSA) is 41.9 Å². The number of aryl methyl sites for hydroxylation is 1. The van der Waals surface area contributed by atoms with E-state index in [0.29, 0.717) is 19.5 Å². The third-order valence-corrected chi connectivity index (χ3v) is 4.68. The molecule has 0 N–H and O–H groups in total. The second-order valence-corrected chi connectivity index (χ2v) is 7.29. The molecule has 0 saturated carbocycles. The van der Waals surface area contributed by atoms with Crippen molar-refractivity contribution in [2.75, 3.05) is 6.54 Å². The average molecular weight is 368 g/mol. The minimum atomic E-state index is -0.299. The number of carbonyl (C=O) groups is 1. The van der Waals surface area contributed by atoms with E-state index in [9.17, 15) is 9.18 Å². The SMILES string of the molecule is Cc1ccccc1C1=NO[C@@H](CN(Cc2cccc(F)c2)C(=O)C(C)C)C1. The summed E-state index contributed by atoms with van der Waals surface area (Å²) in [6.07, 6.45) is 0.450. The van der Waals surface area contributed by atoms with Gasteiger partial charge in [-0.05, 0) is 30.2 Å². The molecule has 2 aromatic rings. The fraction of sp³-hybridized carbons (Fsp3) is 0.364. The molecule has 0 radical (unpaired) electrons. The van der Waals surface area contributed by atoms with E-state index in [0.717, 1.165) is 22.4 Å². The van der Waals surface area contributed by atoms with Crippen molar-refractivity contribution in [3.63, 3.8) is 0 Å². The Bertz CT molecular complexity index is 848. The average Bonchev–Trinajstić information content (AvgIpc) is 3.09. The number of hydrogen-bond acceptors (Lipinski definition) is 3. The van der Waals surface area contributed by atoms with Crippen molar-refractivity contribution in [2.24, 2.45) is 11.1 Å². The van der Waals surface area contributed by atoms with Crippen molar-refractivity contribution in [1.29, 1.82) is 0 Å². The van der Waals surface area contributed by atoms with Gasteiger partial charge in [-0.15, -0.1) is 0 Å². The first-order chi connectivity index (χ1) is 12.9. The van der Waals surface area contributed by atoms with Crippen molar-refractivity contribution in [2.45, 2.75) is 39.8 Å². The van der Waals surface area contributed by atoms with Crippen LogP contribution in [-0.4, -0.2) is 29.2 Å². The number of nitrogens with zero attached hydrogens (tertiary/aromatic N) is 2. The number of oxime groups is 1. The van der Waals surface area contributed by atoms with Gasteiger partial charge in [-0.1, -0.05) is 55.4 Å². The summed E-state index contributed by atoms with van der Waals surface area (Å²) in [7, 11) is 0. The van der Waals surface area contributed by atoms with Crippen molar-refractivity contribution in [3.05, 3.63) is 71.0 Å². The van der Waals surface area contributed by atoms with E-state index in [4.69, 9.17) is 4.84 Å². The fourth-order valence-electron chi connectivity index (χ4n) is 3.28. The standard InChI is InChI=1S/C22H25FN2O2/c1-15(2)22(26)25(13-17-8-6-9-18(23)11-17)14-19-12-21(24-27-19)20-10-5-4-7-16(20)3/h4-11,15,19H,12-14H2,1-3H3/t19-/m1/s1. The van der Waals surface area contributed by atoms with E-state index in [1.807, 2.05) is 51.1 Å². The lowest BCUT2D eigenvalue weighted by atomic mass is 10.00. The molecule has 2 aromatic carbocycles. The summed E-state index contributed by atoms with van der Waals surface area (Å²) >= 11 is 0. The molecule has 1 aliphatic rings. The number of hydrogen-bond donors (Lipinski definition) is 0. The Morgan fingerprint density at radius 3 is 2.74 bits per heavy atom. The van der Waals surface area contributed by atoms with Crippen LogP contribution >= 0.6 is 0 Å². The van der Waals surface area contributed by atoms with Gasteiger partial charge < -0.3 is 9.74 Å². The first-order valence-electron chi connectivity index (χ1n) is 9.26. The monoisotopic (exact) mass is 368 g/mol. The van der Waals surface area contributed by atoms with Gasteiger partial charge in [0.1, 0.15) is 5.82 Å². The van der Waals surface area contributed by atoms with Crippen LogP contribution < -0.4 is 0 Å². The Morgan fingerprint density at radius 2 is 2.04 bits per heavy atom. The highest BCUT2D eigenvalue weighted by Crippen LogP contribution is 2.21. The zero-order valence-electron chi connectivity index (χ0n) is 16.0. The van der Waals surface area contributed by atoms with E-state index in [-0.39, 0.29) is 23.7 Å². The van der Waals surface area contributed by atoms with Crippen molar-refractivity contribution in [1.82, 2.24) is 4.90 Å². The molecule has 0 fully saturated rings. The number of amides is 1. The van der Waals surface area contributed by atoms with Crippen molar-refractivity contribution >= 4 is 11.6 Å². The molecule has 0 unspecified atom stereocenters. The first-order valence-corrected chi connectivity index (χ1v) is 9.26. The van der Waals surface area contributed by atoms with Crippen LogP contribution in [0.3, 0.4) is 0 Å². The zero-order chi connectivity index (χ0) is 19.4. The van der Waals surface area contributed by atoms with Gasteiger partial charge in [0, 0.05) is 24.4 Å². The molecule has 4 nitrogen and oxygen atoms in total. The fourth-order valence-corrected chi connectivity index (χ4v) is 3.28. The second-order valence-electron chi connectivity index (χ2n) is 7.29. The van der Waals surface area contributed by atoms with Gasteiger partial charge in [-0.25, -0.2) is 4.39 Å². The summed E-state index contributed by atoms with van der Waals surface area (Å²) in [6, 6.07) is 14.4. The maximum Gasteiger partial charge on any atom is 0.225 e. The molecule has 142 valence electrons. The summed E-state index contributed by atoms with van der Waals surface area (Å²) in [4.78, 5) is 20.0. The van der Waals surface area contributed by atoms with Crippen LogP contribution in [0.2, 0.25) is 0 Å². The number of halogens is 1. The normalized spacial score (nSPS) is 16.2. The lowest BCUT2D eigenvalue weighted by molar-refractivity contribution is -0.137. The van der Waals surface area contributed by atoms with Crippen molar-refractivity contribution in [3.8, 4) is 0 Å². The summed E-state index contributed by atoms with van der Waals surface area (Å²) in [5.74, 6) is -0.421. The van der Waals surface area contributed by atoms with Gasteiger partial charge in [-0.2, -0.15) is 0 Å². The molecular formula is C22H25FN2O2. The Hall–Kier alpha value is -2.69. The number of benzene rings is 2. The van der Waals surface area contributed by atoms with Gasteiger partial charge in [-0.3, -0.25) is 4.79 Å². The highest BCUT2D eigenvalue weighted by molar-refractivity contribution is 6.02. The van der Waals surface area contributed by atoms with Gasteiger partial charge in [0.2, 0.25) is 5.91 Å². The van der Waals surface area contributed by atoms with Gasteiger partial charge >= 0.3 is 0 Å². The van der Waals surface area contributed by atoms with Crippen LogP contribution in [0.25, 0.3) is 0 Å². The smallest absolute Gasteiger partial charge is 0.225 e. The highest BCUT2D eigenvalue weighted by atomic mass is 19.1. The first kappa shape index (κ1) is 19.1. The summed E-state index contributed by atoms with van der Waals surface area (Å²) in [6.45, 7) is 6.56. The van der Waals surface area contributed by atoms with Gasteiger partial charge in [0.25, 0.3) is 0 Å². The van der Waals surface area contributed by atoms with Gasteiger partial charge in [0.05, 0.1) is 12.3 Å². The largest absolute Gasteiger partial charge is 0.390 e. The Balaban J connectivity index is 1.70. The molecule has 0 bridgehead atoms. The molecule has 3 rings (SSSR count). The summed E-state index contributed by atoms with van der Waals surface area (Å²) in [5, 5.41) is 4.25. The summed E-state index contributed by atoms with van der Waals surface area (Å²) in [5.41, 5.74) is 3.89. The van der Waals surface area contributed by atoms with Crippen LogP contribution in [0.1, 0.15) is 37.0 Å².